The van der Waals surface area contributed by atoms with E-state index in [0.717, 1.165) is 0 Å². The van der Waals surface area contributed by atoms with E-state index in [1.807, 2.05) is 0 Å². The lowest BCUT2D eigenvalue weighted by Gasteiger charge is -2.03. The third kappa shape index (κ3) is 2.61. The van der Waals surface area contributed by atoms with Gasteiger partial charge in [-0.2, -0.15) is 4.39 Å². The zero-order valence-electron chi connectivity index (χ0n) is 7.68. The summed E-state index contributed by atoms with van der Waals surface area (Å²) in [4.78, 5) is 3.74. The molecule has 1 aromatic heterocycles. The Morgan fingerprint density at radius 1 is 1.64 bits per heavy atom. The van der Waals surface area contributed by atoms with Crippen LogP contribution in [0.3, 0.4) is 0 Å². The first-order valence-corrected chi connectivity index (χ1v) is 4.65. The van der Waals surface area contributed by atoms with Crippen LogP contribution < -0.4 is 4.74 Å². The molecule has 0 atom stereocenters. The van der Waals surface area contributed by atoms with Crippen LogP contribution in [0.4, 0.5) is 4.39 Å². The van der Waals surface area contributed by atoms with Crippen LogP contribution >= 0.6 is 11.6 Å². The van der Waals surface area contributed by atoms with Gasteiger partial charge in [0.05, 0.1) is 18.1 Å². The summed E-state index contributed by atoms with van der Waals surface area (Å²) in [5.41, 5.74) is 0.254. The minimum absolute atomic E-state index is 0.0196. The van der Waals surface area contributed by atoms with Gasteiger partial charge in [0.2, 0.25) is 5.82 Å². The van der Waals surface area contributed by atoms with Crippen molar-refractivity contribution in [1.29, 1.82) is 0 Å². The average Bonchev–Trinajstić information content (AvgIpc) is 2.20. The van der Waals surface area contributed by atoms with Gasteiger partial charge in [-0.05, 0) is 13.0 Å². The van der Waals surface area contributed by atoms with Gasteiger partial charge in [-0.3, -0.25) is 0 Å². The molecule has 1 rings (SSSR count). The summed E-state index contributed by atoms with van der Waals surface area (Å²) in [6.07, 6.45) is 1.45. The normalized spacial score (nSPS) is 9.07. The van der Waals surface area contributed by atoms with Crippen molar-refractivity contribution in [1.82, 2.24) is 4.98 Å². The van der Waals surface area contributed by atoms with Crippen molar-refractivity contribution in [2.75, 3.05) is 12.5 Å². The number of pyridine rings is 1. The van der Waals surface area contributed by atoms with Crippen LogP contribution in [-0.2, 0) is 0 Å². The van der Waals surface area contributed by atoms with Crippen molar-refractivity contribution in [3.63, 3.8) is 0 Å². The molecule has 0 saturated carbocycles. The third-order valence-electron chi connectivity index (χ3n) is 1.43. The largest absolute Gasteiger partial charge is 0.476 e. The van der Waals surface area contributed by atoms with Crippen LogP contribution in [0.15, 0.2) is 12.3 Å². The molecule has 0 saturated heterocycles. The molecule has 0 aromatic carbocycles. The number of nitrogens with zero attached hydrogens (tertiary/aromatic N) is 1. The number of halogens is 2. The average molecular weight is 214 g/mol. The number of hydrogen-bond acceptors (Lipinski definition) is 2. The fraction of sp³-hybridized carbons (Fsp3) is 0.300. The lowest BCUT2D eigenvalue weighted by Crippen LogP contribution is -1.99. The first kappa shape index (κ1) is 10.8. The van der Waals surface area contributed by atoms with E-state index < -0.39 is 5.82 Å². The van der Waals surface area contributed by atoms with Gasteiger partial charge in [-0.1, -0.05) is 11.8 Å². The third-order valence-corrected chi connectivity index (χ3v) is 1.56. The first-order valence-electron chi connectivity index (χ1n) is 4.11. The maximum Gasteiger partial charge on any atom is 0.251 e. The van der Waals surface area contributed by atoms with E-state index in [9.17, 15) is 4.39 Å². The highest BCUT2D eigenvalue weighted by Gasteiger charge is 2.07. The molecule has 74 valence electrons. The van der Waals surface area contributed by atoms with Crippen molar-refractivity contribution in [3.05, 3.63) is 23.6 Å². The summed E-state index contributed by atoms with van der Waals surface area (Å²) in [6, 6.07) is 1.48. The SMILES string of the molecule is CCOc1nccc(C#CCCl)c1F. The Balaban J connectivity index is 3.01. The molecule has 1 heterocycles. The molecule has 1 aromatic rings. The van der Waals surface area contributed by atoms with Gasteiger partial charge in [0, 0.05) is 6.20 Å². The van der Waals surface area contributed by atoms with Crippen molar-refractivity contribution in [3.8, 4) is 17.7 Å². The smallest absolute Gasteiger partial charge is 0.251 e. The zero-order chi connectivity index (χ0) is 10.4. The molecule has 0 radical (unpaired) electrons. The van der Waals surface area contributed by atoms with Crippen molar-refractivity contribution in [2.24, 2.45) is 0 Å². The fourth-order valence-electron chi connectivity index (χ4n) is 0.887. The van der Waals surface area contributed by atoms with Crippen LogP contribution in [0.2, 0.25) is 0 Å². The van der Waals surface area contributed by atoms with Crippen LogP contribution in [0.5, 0.6) is 5.88 Å². The summed E-state index contributed by atoms with van der Waals surface area (Å²) in [5, 5.41) is 0. The Labute approximate surface area is 87.1 Å². The van der Waals surface area contributed by atoms with Gasteiger partial charge in [0.15, 0.2) is 0 Å². The molecule has 0 unspecified atom stereocenters. The molecule has 0 N–H and O–H groups in total. The predicted octanol–water partition coefficient (Wildman–Crippen LogP) is 2.21. The Kier molecular flexibility index (Phi) is 4.21. The second-order valence-electron chi connectivity index (χ2n) is 2.35. The maximum absolute atomic E-state index is 13.4. The van der Waals surface area contributed by atoms with Crippen LogP contribution in [0.1, 0.15) is 12.5 Å². The minimum Gasteiger partial charge on any atom is -0.476 e. The lowest BCUT2D eigenvalue weighted by molar-refractivity contribution is 0.307. The molecule has 0 amide bonds. The van der Waals surface area contributed by atoms with Gasteiger partial charge in [-0.15, -0.1) is 11.6 Å². The lowest BCUT2D eigenvalue weighted by atomic mass is 10.2. The Bertz CT molecular complexity index is 370. The van der Waals surface area contributed by atoms with Crippen LogP contribution in [0.25, 0.3) is 0 Å². The topological polar surface area (TPSA) is 22.1 Å². The Morgan fingerprint density at radius 2 is 2.43 bits per heavy atom. The second-order valence-corrected chi connectivity index (χ2v) is 2.61. The summed E-state index contributed by atoms with van der Waals surface area (Å²) < 4.78 is 18.4. The van der Waals surface area contributed by atoms with Gasteiger partial charge >= 0.3 is 0 Å². The minimum atomic E-state index is -0.535. The summed E-state index contributed by atoms with van der Waals surface area (Å²) in [7, 11) is 0. The van der Waals surface area contributed by atoms with Crippen LogP contribution in [0, 0.1) is 17.7 Å². The molecule has 2 nitrogen and oxygen atoms in total. The maximum atomic E-state index is 13.4. The summed E-state index contributed by atoms with van der Waals surface area (Å²) >= 11 is 5.36. The molecule has 0 aliphatic heterocycles. The van der Waals surface area contributed by atoms with Gasteiger partial charge in [-0.25, -0.2) is 4.98 Å². The number of aromatic nitrogens is 1. The highest BCUT2D eigenvalue weighted by atomic mass is 35.5. The van der Waals surface area contributed by atoms with Gasteiger partial charge in [0.25, 0.3) is 5.88 Å². The van der Waals surface area contributed by atoms with E-state index in [0.29, 0.717) is 6.61 Å². The highest BCUT2D eigenvalue weighted by Crippen LogP contribution is 2.16. The monoisotopic (exact) mass is 213 g/mol. The first-order chi connectivity index (χ1) is 6.79. The predicted molar refractivity (Wildman–Crippen MR) is 53.0 cm³/mol. The Hall–Kier alpha value is -1.27. The van der Waals surface area contributed by atoms with E-state index in [1.54, 1.807) is 6.92 Å². The van der Waals surface area contributed by atoms with Crippen molar-refractivity contribution in [2.45, 2.75) is 6.92 Å². The molecule has 14 heavy (non-hydrogen) atoms. The van der Waals surface area contributed by atoms with Gasteiger partial charge in [0.1, 0.15) is 0 Å². The second kappa shape index (κ2) is 5.46. The number of alkyl halides is 1. The molecule has 4 heteroatoms. The Morgan fingerprint density at radius 3 is 3.07 bits per heavy atom. The molecular formula is C10H9ClFNO. The summed E-state index contributed by atoms with van der Waals surface area (Å²) in [6.45, 7) is 2.13. The number of rotatable bonds is 2. The van der Waals surface area contributed by atoms with E-state index >= 15 is 0 Å². The van der Waals surface area contributed by atoms with Crippen molar-refractivity contribution < 1.29 is 9.13 Å². The van der Waals surface area contributed by atoms with Gasteiger partial charge < -0.3 is 4.74 Å². The zero-order valence-corrected chi connectivity index (χ0v) is 8.44. The van der Waals surface area contributed by atoms with E-state index in [1.165, 1.54) is 12.3 Å². The summed E-state index contributed by atoms with van der Waals surface area (Å²) in [5.74, 6) is 4.77. The molecular weight excluding hydrogens is 205 g/mol. The van der Waals surface area contributed by atoms with E-state index in [4.69, 9.17) is 16.3 Å². The van der Waals surface area contributed by atoms with E-state index in [-0.39, 0.29) is 17.3 Å². The number of hydrogen-bond donors (Lipinski definition) is 0. The van der Waals surface area contributed by atoms with E-state index in [2.05, 4.69) is 16.8 Å². The molecule has 0 spiro atoms. The highest BCUT2D eigenvalue weighted by molar-refractivity contribution is 6.19. The van der Waals surface area contributed by atoms with Crippen molar-refractivity contribution >= 4 is 11.6 Å². The quantitative estimate of drug-likeness (QED) is 0.555. The fourth-order valence-corrected chi connectivity index (χ4v) is 0.954. The number of ether oxygens (including phenoxy) is 1. The van der Waals surface area contributed by atoms with Crippen LogP contribution in [-0.4, -0.2) is 17.5 Å². The molecule has 0 fully saturated rings. The molecule has 0 aliphatic carbocycles. The molecule has 0 bridgehead atoms. The standard InChI is InChI=1S/C10H9ClFNO/c1-2-14-10-9(12)8(4-3-6-11)5-7-13-10/h5,7H,2,6H2,1H3. The molecule has 0 aliphatic rings.